The number of carbonyl (C=O) groups excluding carboxylic acids is 1. The zero-order valence-corrected chi connectivity index (χ0v) is 18.5. The number of fused-ring (bicyclic) bond motifs is 1. The summed E-state index contributed by atoms with van der Waals surface area (Å²) in [6.45, 7) is 1.85. The standard InChI is InChI=1S/C25H21NO6S/c1-17-7-12-21(13-8-17)33(29,30)26-22(15-18-5-3-2-4-6-18)25(28)31-20-11-9-19-10-14-24(27)32-23(19)16-20/h2-14,16,22,26H,15H2,1H3. The third-order valence-electron chi connectivity index (χ3n) is 5.01. The molecule has 0 spiro atoms. The van der Waals surface area contributed by atoms with Crippen LogP contribution in [0.1, 0.15) is 11.1 Å². The first kappa shape index (κ1) is 22.4. The lowest BCUT2D eigenvalue weighted by atomic mass is 10.1. The molecular formula is C25H21NO6S. The molecule has 168 valence electrons. The summed E-state index contributed by atoms with van der Waals surface area (Å²) < 4.78 is 39.0. The molecule has 33 heavy (non-hydrogen) atoms. The van der Waals surface area contributed by atoms with Gasteiger partial charge in [0.2, 0.25) is 10.0 Å². The van der Waals surface area contributed by atoms with Crippen molar-refractivity contribution in [3.05, 3.63) is 106 Å². The largest absolute Gasteiger partial charge is 0.425 e. The zero-order chi connectivity index (χ0) is 23.4. The quantitative estimate of drug-likeness (QED) is 0.255. The Morgan fingerprint density at radius 1 is 0.970 bits per heavy atom. The summed E-state index contributed by atoms with van der Waals surface area (Å²) in [6, 6.07) is 21.7. The van der Waals surface area contributed by atoms with E-state index < -0.39 is 27.7 Å². The van der Waals surface area contributed by atoms with Gasteiger partial charge in [-0.05, 0) is 49.2 Å². The molecular weight excluding hydrogens is 442 g/mol. The number of benzene rings is 3. The number of sulfonamides is 1. The maximum Gasteiger partial charge on any atom is 0.336 e. The first-order chi connectivity index (χ1) is 15.8. The van der Waals surface area contributed by atoms with E-state index in [-0.39, 0.29) is 22.6 Å². The molecule has 1 N–H and O–H groups in total. The van der Waals surface area contributed by atoms with E-state index in [1.807, 2.05) is 13.0 Å². The van der Waals surface area contributed by atoms with Gasteiger partial charge < -0.3 is 9.15 Å². The van der Waals surface area contributed by atoms with E-state index >= 15 is 0 Å². The molecule has 4 aromatic rings. The van der Waals surface area contributed by atoms with E-state index in [4.69, 9.17) is 9.15 Å². The highest BCUT2D eigenvalue weighted by Gasteiger charge is 2.28. The predicted molar refractivity (Wildman–Crippen MR) is 124 cm³/mol. The Kier molecular flexibility index (Phi) is 6.39. The molecule has 1 aromatic heterocycles. The van der Waals surface area contributed by atoms with Gasteiger partial charge in [-0.3, -0.25) is 0 Å². The van der Waals surface area contributed by atoms with Gasteiger partial charge in [0.25, 0.3) is 0 Å². The minimum absolute atomic E-state index is 0.0476. The average molecular weight is 464 g/mol. The molecule has 1 atom stereocenters. The van der Waals surface area contributed by atoms with Crippen molar-refractivity contribution in [2.45, 2.75) is 24.3 Å². The number of rotatable bonds is 7. The molecule has 1 unspecified atom stereocenters. The van der Waals surface area contributed by atoms with E-state index in [1.54, 1.807) is 54.6 Å². The number of ether oxygens (including phenoxy) is 1. The molecule has 0 saturated carbocycles. The number of nitrogens with one attached hydrogen (secondary N) is 1. The summed E-state index contributed by atoms with van der Waals surface area (Å²) in [6.07, 6.45) is 0.0907. The number of hydrogen-bond acceptors (Lipinski definition) is 6. The van der Waals surface area contributed by atoms with Crippen molar-refractivity contribution in [3.8, 4) is 5.75 Å². The van der Waals surface area contributed by atoms with E-state index in [0.717, 1.165) is 11.1 Å². The number of aryl methyl sites for hydroxylation is 1. The van der Waals surface area contributed by atoms with Crippen molar-refractivity contribution in [1.82, 2.24) is 4.72 Å². The molecule has 0 saturated heterocycles. The first-order valence-corrected chi connectivity index (χ1v) is 11.7. The fourth-order valence-electron chi connectivity index (χ4n) is 3.29. The summed E-state index contributed by atoms with van der Waals surface area (Å²) >= 11 is 0. The van der Waals surface area contributed by atoms with E-state index in [9.17, 15) is 18.0 Å². The van der Waals surface area contributed by atoms with Crippen LogP contribution in [0.25, 0.3) is 11.0 Å². The van der Waals surface area contributed by atoms with Crippen LogP contribution in [0, 0.1) is 6.92 Å². The molecule has 0 aliphatic rings. The Labute approximate surface area is 190 Å². The van der Waals surface area contributed by atoms with Crippen LogP contribution in [-0.2, 0) is 21.2 Å². The van der Waals surface area contributed by atoms with Crippen LogP contribution in [-0.4, -0.2) is 20.4 Å². The molecule has 0 radical (unpaired) electrons. The Bertz CT molecular complexity index is 1440. The summed E-state index contributed by atoms with van der Waals surface area (Å²) in [5.74, 6) is -0.651. The molecule has 0 aliphatic heterocycles. The minimum atomic E-state index is -3.98. The summed E-state index contributed by atoms with van der Waals surface area (Å²) in [5.41, 5.74) is 1.40. The summed E-state index contributed by atoms with van der Waals surface area (Å²) in [5, 5.41) is 0.662. The normalized spacial score (nSPS) is 12.4. The first-order valence-electron chi connectivity index (χ1n) is 10.2. The van der Waals surface area contributed by atoms with Crippen LogP contribution in [0.15, 0.2) is 99.0 Å². The van der Waals surface area contributed by atoms with Crippen molar-refractivity contribution in [3.63, 3.8) is 0 Å². The van der Waals surface area contributed by atoms with E-state index in [2.05, 4.69) is 4.72 Å². The number of carbonyl (C=O) groups is 1. The highest BCUT2D eigenvalue weighted by Crippen LogP contribution is 2.21. The van der Waals surface area contributed by atoms with Crippen LogP contribution >= 0.6 is 0 Å². The Morgan fingerprint density at radius 2 is 1.67 bits per heavy atom. The van der Waals surface area contributed by atoms with Crippen LogP contribution in [0.2, 0.25) is 0 Å². The van der Waals surface area contributed by atoms with Crippen molar-refractivity contribution in [1.29, 1.82) is 0 Å². The molecule has 0 bridgehead atoms. The van der Waals surface area contributed by atoms with Crippen LogP contribution in [0.5, 0.6) is 5.75 Å². The fraction of sp³-hybridized carbons (Fsp3) is 0.120. The van der Waals surface area contributed by atoms with Gasteiger partial charge in [-0.15, -0.1) is 0 Å². The monoisotopic (exact) mass is 463 g/mol. The number of esters is 1. The molecule has 4 rings (SSSR count). The maximum atomic E-state index is 13.0. The van der Waals surface area contributed by atoms with E-state index in [0.29, 0.717) is 5.39 Å². The lowest BCUT2D eigenvalue weighted by Crippen LogP contribution is -2.44. The Balaban J connectivity index is 1.61. The van der Waals surface area contributed by atoms with Crippen molar-refractivity contribution in [2.24, 2.45) is 0 Å². The molecule has 0 fully saturated rings. The predicted octanol–water partition coefficient (Wildman–Crippen LogP) is 3.60. The van der Waals surface area contributed by atoms with Gasteiger partial charge in [-0.25, -0.2) is 18.0 Å². The van der Waals surface area contributed by atoms with Gasteiger partial charge in [-0.2, -0.15) is 4.72 Å². The van der Waals surface area contributed by atoms with Gasteiger partial charge in [0.05, 0.1) is 4.90 Å². The van der Waals surface area contributed by atoms with Crippen molar-refractivity contribution >= 4 is 27.0 Å². The summed E-state index contributed by atoms with van der Waals surface area (Å²) in [7, 11) is -3.98. The lowest BCUT2D eigenvalue weighted by Gasteiger charge is -2.18. The van der Waals surface area contributed by atoms with Crippen molar-refractivity contribution in [2.75, 3.05) is 0 Å². The molecule has 1 heterocycles. The Morgan fingerprint density at radius 3 is 2.39 bits per heavy atom. The zero-order valence-electron chi connectivity index (χ0n) is 17.7. The highest BCUT2D eigenvalue weighted by molar-refractivity contribution is 7.89. The second-order valence-corrected chi connectivity index (χ2v) is 9.27. The molecule has 7 nitrogen and oxygen atoms in total. The minimum Gasteiger partial charge on any atom is -0.425 e. The van der Waals surface area contributed by atoms with E-state index in [1.165, 1.54) is 24.3 Å². The second kappa shape index (κ2) is 9.40. The number of hydrogen-bond donors (Lipinski definition) is 1. The average Bonchev–Trinajstić information content (AvgIpc) is 2.79. The van der Waals surface area contributed by atoms with Gasteiger partial charge in [0.15, 0.2) is 0 Å². The maximum absolute atomic E-state index is 13.0. The third kappa shape index (κ3) is 5.54. The molecule has 3 aromatic carbocycles. The van der Waals surface area contributed by atoms with Gasteiger partial charge in [0, 0.05) is 17.5 Å². The summed E-state index contributed by atoms with van der Waals surface area (Å²) in [4.78, 5) is 24.6. The third-order valence-corrected chi connectivity index (χ3v) is 6.50. The highest BCUT2D eigenvalue weighted by atomic mass is 32.2. The SMILES string of the molecule is Cc1ccc(S(=O)(=O)NC(Cc2ccccc2)C(=O)Oc2ccc3ccc(=O)oc3c2)cc1. The molecule has 8 heteroatoms. The lowest BCUT2D eigenvalue weighted by molar-refractivity contribution is -0.136. The smallest absolute Gasteiger partial charge is 0.336 e. The van der Waals surface area contributed by atoms with Crippen LogP contribution < -0.4 is 15.1 Å². The fourth-order valence-corrected chi connectivity index (χ4v) is 4.47. The molecule has 0 aliphatic carbocycles. The van der Waals surface area contributed by atoms with Gasteiger partial charge in [0.1, 0.15) is 17.4 Å². The van der Waals surface area contributed by atoms with Gasteiger partial charge >= 0.3 is 11.6 Å². The Hall–Kier alpha value is -3.75. The van der Waals surface area contributed by atoms with Crippen LogP contribution in [0.3, 0.4) is 0 Å². The molecule has 0 amide bonds. The van der Waals surface area contributed by atoms with Crippen molar-refractivity contribution < 1.29 is 22.4 Å². The van der Waals surface area contributed by atoms with Crippen LogP contribution in [0.4, 0.5) is 0 Å². The topological polar surface area (TPSA) is 103 Å². The van der Waals surface area contributed by atoms with Gasteiger partial charge in [-0.1, -0.05) is 48.0 Å². The second-order valence-electron chi connectivity index (χ2n) is 7.55.